The van der Waals surface area contributed by atoms with Gasteiger partial charge in [-0.15, -0.1) is 0 Å². The van der Waals surface area contributed by atoms with Gasteiger partial charge in [0.15, 0.2) is 34.2 Å². The second kappa shape index (κ2) is 13.4. The molecule has 0 aliphatic carbocycles. The Balaban J connectivity index is 1.31. The highest BCUT2D eigenvalue weighted by Crippen LogP contribution is 2.32. The number of fused-ring (bicyclic) bond motifs is 14. The average molecular weight is 693 g/mol. The van der Waals surface area contributed by atoms with E-state index in [4.69, 9.17) is 22.1 Å². The van der Waals surface area contributed by atoms with E-state index in [9.17, 15) is 14.4 Å². The highest BCUT2D eigenvalue weighted by Gasteiger charge is 2.34. The van der Waals surface area contributed by atoms with Crippen molar-refractivity contribution in [3.63, 3.8) is 0 Å². The van der Waals surface area contributed by atoms with Gasteiger partial charge >= 0.3 is 0 Å². The van der Waals surface area contributed by atoms with Crippen LogP contribution in [0.4, 0.5) is 0 Å². The summed E-state index contributed by atoms with van der Waals surface area (Å²) in [7, 11) is 0. The maximum absolute atomic E-state index is 14.0. The lowest BCUT2D eigenvalue weighted by molar-refractivity contribution is -0.131. The van der Waals surface area contributed by atoms with Crippen LogP contribution in [0.5, 0.6) is 0 Å². The third-order valence-corrected chi connectivity index (χ3v) is 8.33. The van der Waals surface area contributed by atoms with Gasteiger partial charge in [-0.3, -0.25) is 14.4 Å². The molecule has 5 aromatic heterocycles. The van der Waals surface area contributed by atoms with Crippen molar-refractivity contribution in [3.05, 3.63) is 73.5 Å². The zero-order valence-electron chi connectivity index (χ0n) is 27.9. The Morgan fingerprint density at radius 2 is 1.22 bits per heavy atom. The predicted octanol–water partition coefficient (Wildman–Crippen LogP) is 5.35. The van der Waals surface area contributed by atoms with Gasteiger partial charge in [-0.25, -0.2) is 24.9 Å². The van der Waals surface area contributed by atoms with Crippen molar-refractivity contribution in [2.75, 3.05) is 0 Å². The molecule has 10 bridgehead atoms. The van der Waals surface area contributed by atoms with Crippen molar-refractivity contribution in [2.45, 2.75) is 46.2 Å². The number of nitrogens with zero attached hydrogens (tertiary/aromatic N) is 5. The molecule has 1 aromatic carbocycles. The van der Waals surface area contributed by atoms with Crippen LogP contribution in [-0.2, 0) is 9.59 Å². The van der Waals surface area contributed by atoms with E-state index in [1.54, 1.807) is 38.1 Å². The molecule has 0 saturated carbocycles. The summed E-state index contributed by atoms with van der Waals surface area (Å²) in [4.78, 5) is 63.5. The molecular weight excluding hydrogens is 660 g/mol. The minimum Gasteiger partial charge on any atom is -0.443 e. The van der Waals surface area contributed by atoms with Crippen molar-refractivity contribution in [3.8, 4) is 57.7 Å². The molecule has 3 atom stereocenters. The summed E-state index contributed by atoms with van der Waals surface area (Å²) in [5.41, 5.74) is 1.39. The maximum atomic E-state index is 14.0. The van der Waals surface area contributed by atoms with Crippen LogP contribution in [0.1, 0.15) is 50.5 Å². The molecule has 3 N–H and O–H groups in total. The first kappa shape index (κ1) is 32.9. The number of rotatable bonds is 4. The van der Waals surface area contributed by atoms with Crippen LogP contribution in [-0.4, -0.2) is 54.7 Å². The summed E-state index contributed by atoms with van der Waals surface area (Å²) in [6.45, 7) is 11.1. The molecule has 16 nitrogen and oxygen atoms in total. The predicted molar refractivity (Wildman–Crippen MR) is 179 cm³/mol. The van der Waals surface area contributed by atoms with Crippen molar-refractivity contribution < 1.29 is 36.5 Å². The Hall–Kier alpha value is -6.58. The summed E-state index contributed by atoms with van der Waals surface area (Å²) in [5, 5.41) is 8.31. The van der Waals surface area contributed by atoms with Gasteiger partial charge in [-0.2, -0.15) is 0 Å². The summed E-state index contributed by atoms with van der Waals surface area (Å²) in [6.07, 6.45) is 5.79. The van der Waals surface area contributed by atoms with Gasteiger partial charge in [0.2, 0.25) is 41.3 Å². The van der Waals surface area contributed by atoms with E-state index in [0.29, 0.717) is 12.0 Å². The summed E-state index contributed by atoms with van der Waals surface area (Å²) >= 11 is 0. The molecule has 0 saturated heterocycles. The molecule has 6 aromatic rings. The minimum atomic E-state index is -1.05. The highest BCUT2D eigenvalue weighted by molar-refractivity contribution is 6.01. The van der Waals surface area contributed by atoms with Crippen molar-refractivity contribution in [2.24, 2.45) is 11.8 Å². The average Bonchev–Trinajstić information content (AvgIpc) is 3.97. The zero-order valence-corrected chi connectivity index (χ0v) is 27.9. The van der Waals surface area contributed by atoms with E-state index in [2.05, 4.69) is 47.4 Å². The fourth-order valence-electron chi connectivity index (χ4n) is 5.32. The van der Waals surface area contributed by atoms with Gasteiger partial charge in [-0.1, -0.05) is 71.0 Å². The van der Waals surface area contributed by atoms with E-state index in [-0.39, 0.29) is 81.2 Å². The molecule has 6 heterocycles. The molecular formula is C35H32N8O8. The zero-order chi connectivity index (χ0) is 35.8. The molecule has 51 heavy (non-hydrogen) atoms. The Kier molecular flexibility index (Phi) is 8.64. The summed E-state index contributed by atoms with van der Waals surface area (Å²) in [6, 6.07) is 6.86. The number of carbonyl (C=O) groups excluding carboxylic acids is 3. The lowest BCUT2D eigenvalue weighted by Gasteiger charge is -2.27. The van der Waals surface area contributed by atoms with Gasteiger partial charge in [0, 0.05) is 5.56 Å². The molecule has 1 aliphatic heterocycles. The molecule has 16 heteroatoms. The van der Waals surface area contributed by atoms with Crippen LogP contribution in [0.25, 0.3) is 63.4 Å². The Morgan fingerprint density at radius 1 is 0.686 bits per heavy atom. The van der Waals surface area contributed by atoms with E-state index >= 15 is 0 Å². The second-order valence-electron chi connectivity index (χ2n) is 12.2. The van der Waals surface area contributed by atoms with Crippen molar-refractivity contribution in [1.82, 2.24) is 40.9 Å². The molecule has 1 aliphatic rings. The van der Waals surface area contributed by atoms with E-state index < -0.39 is 29.8 Å². The number of carbonyl (C=O) groups is 3. The third-order valence-electron chi connectivity index (χ3n) is 8.33. The Labute approximate surface area is 289 Å². The normalized spacial score (nSPS) is 17.4. The lowest BCUT2D eigenvalue weighted by atomic mass is 9.96. The first-order valence-corrected chi connectivity index (χ1v) is 16.1. The number of hydrogen-bond donors (Lipinski definition) is 3. The van der Waals surface area contributed by atoms with E-state index in [1.165, 1.54) is 25.1 Å². The first-order chi connectivity index (χ1) is 24.6. The largest absolute Gasteiger partial charge is 0.443 e. The molecule has 0 fully saturated rings. The van der Waals surface area contributed by atoms with Gasteiger partial charge in [0.25, 0.3) is 5.91 Å². The lowest BCUT2D eigenvalue weighted by Crippen LogP contribution is -2.57. The Bertz CT molecular complexity index is 2240. The Morgan fingerprint density at radius 3 is 1.76 bits per heavy atom. The fraction of sp³-hybridized carbons (Fsp3) is 0.257. The molecule has 0 spiro atoms. The summed E-state index contributed by atoms with van der Waals surface area (Å²) < 4.78 is 28.6. The van der Waals surface area contributed by atoms with Crippen LogP contribution in [0.2, 0.25) is 0 Å². The smallest absolute Gasteiger partial charge is 0.274 e. The fourth-order valence-corrected chi connectivity index (χ4v) is 5.32. The molecule has 260 valence electrons. The van der Waals surface area contributed by atoms with Gasteiger partial charge in [0.1, 0.15) is 37.1 Å². The number of oxazole rings is 5. The minimum absolute atomic E-state index is 0.00885. The van der Waals surface area contributed by atoms with Crippen LogP contribution in [0, 0.1) is 11.8 Å². The quantitative estimate of drug-likeness (QED) is 0.213. The third kappa shape index (κ3) is 6.46. The molecule has 7 rings (SSSR count). The number of amides is 3. The van der Waals surface area contributed by atoms with Gasteiger partial charge < -0.3 is 38.0 Å². The maximum Gasteiger partial charge on any atom is 0.274 e. The second-order valence-corrected chi connectivity index (χ2v) is 12.2. The standard InChI is InChI=1S/C35H32N8O8/c1-6-17(4)25-29(45)41-24(16(2)3)28(44)36-18(5)31-37-20(12-47-31)32-38-21(13-48-32)33-39-22(14-49-33)34-40-23(15-50-34)35-43-26(30(46)42-25)27(51-35)19-10-8-7-9-11-19/h7-17,24-25H,5-6H2,1-4H3,(H,36,44)(H,41,45)(H,42,46)/t17-,24-,25+/m0/s1. The van der Waals surface area contributed by atoms with Crippen molar-refractivity contribution in [1.29, 1.82) is 0 Å². The number of hydrogen-bond acceptors (Lipinski definition) is 13. The highest BCUT2D eigenvalue weighted by atomic mass is 16.4. The molecule has 0 unspecified atom stereocenters. The van der Waals surface area contributed by atoms with Crippen LogP contribution < -0.4 is 16.0 Å². The first-order valence-electron chi connectivity index (χ1n) is 16.1. The van der Waals surface area contributed by atoms with Crippen LogP contribution >= 0.6 is 0 Å². The monoisotopic (exact) mass is 692 g/mol. The molecule has 0 radical (unpaired) electrons. The van der Waals surface area contributed by atoms with Gasteiger partial charge in [-0.05, 0) is 11.8 Å². The topological polar surface area (TPSA) is 217 Å². The van der Waals surface area contributed by atoms with Crippen LogP contribution in [0.15, 0.2) is 84.0 Å². The van der Waals surface area contributed by atoms with Crippen LogP contribution in [0.3, 0.4) is 0 Å². The number of aromatic nitrogens is 5. The number of nitrogens with one attached hydrogen (secondary N) is 3. The number of benzene rings is 1. The van der Waals surface area contributed by atoms with Crippen molar-refractivity contribution >= 4 is 23.4 Å². The SMILES string of the molecule is C=C1NC(=O)[C@H](C(C)C)NC(=O)[C@@H]([C@@H](C)CC)NC(=O)c2nc(oc2-c2ccccc2)-c2coc(n2)-c2coc(n2)-c2coc(n2)-c2coc1n2. The van der Waals surface area contributed by atoms with E-state index in [0.717, 1.165) is 0 Å². The summed E-state index contributed by atoms with van der Waals surface area (Å²) in [5.74, 6) is -2.09. The molecule has 3 amide bonds. The van der Waals surface area contributed by atoms with Gasteiger partial charge in [0.05, 0.1) is 5.70 Å². The van der Waals surface area contributed by atoms with E-state index in [1.807, 2.05) is 19.9 Å².